The Morgan fingerprint density at radius 3 is 2.48 bits per heavy atom. The third-order valence-electron chi connectivity index (χ3n) is 2.68. The first kappa shape index (κ1) is 15.1. The monoisotopic (exact) mass is 287 g/mol. The molecule has 1 aromatic carbocycles. The summed E-state index contributed by atoms with van der Waals surface area (Å²) in [5, 5.41) is 3.13. The van der Waals surface area contributed by atoms with Crippen molar-refractivity contribution >= 4 is 5.95 Å². The molecule has 0 aliphatic rings. The van der Waals surface area contributed by atoms with Crippen molar-refractivity contribution in [2.24, 2.45) is 0 Å². The number of nitrogens with one attached hydrogen (secondary N) is 1. The second kappa shape index (κ2) is 8.09. The topological polar surface area (TPSA) is 56.3 Å². The number of nitrogens with zero attached hydrogens (tertiary/aromatic N) is 2. The summed E-state index contributed by atoms with van der Waals surface area (Å²) in [6.45, 7) is 5.73. The normalized spacial score (nSPS) is 10.2. The Kier molecular flexibility index (Phi) is 5.82. The molecular formula is C16H21N3O2. The molecular weight excluding hydrogens is 266 g/mol. The molecule has 1 N–H and O–H groups in total. The molecule has 0 aliphatic carbocycles. The van der Waals surface area contributed by atoms with Crippen LogP contribution in [0.4, 0.5) is 5.95 Å². The number of ether oxygens (including phenoxy) is 2. The van der Waals surface area contributed by atoms with Crippen molar-refractivity contribution < 1.29 is 9.47 Å². The molecule has 0 atom stereocenters. The van der Waals surface area contributed by atoms with E-state index in [1.54, 1.807) is 12.3 Å². The fourth-order valence-electron chi connectivity index (χ4n) is 1.67. The molecule has 0 amide bonds. The van der Waals surface area contributed by atoms with E-state index in [1.807, 2.05) is 24.3 Å². The molecule has 0 saturated carbocycles. The maximum atomic E-state index is 5.71. The largest absolute Gasteiger partial charge is 0.494 e. The van der Waals surface area contributed by atoms with Crippen molar-refractivity contribution in [3.05, 3.63) is 36.5 Å². The lowest BCUT2D eigenvalue weighted by Gasteiger charge is -2.08. The molecule has 0 radical (unpaired) electrons. The summed E-state index contributed by atoms with van der Waals surface area (Å²) < 4.78 is 11.2. The summed E-state index contributed by atoms with van der Waals surface area (Å²) in [7, 11) is 0. The summed E-state index contributed by atoms with van der Waals surface area (Å²) in [4.78, 5) is 8.45. The molecule has 0 saturated heterocycles. The highest BCUT2D eigenvalue weighted by Gasteiger charge is 2.02. The Hall–Kier alpha value is -2.30. The number of hydrogen-bond acceptors (Lipinski definition) is 5. The van der Waals surface area contributed by atoms with E-state index in [2.05, 4.69) is 29.1 Å². The zero-order valence-corrected chi connectivity index (χ0v) is 12.5. The number of rotatable bonds is 8. The van der Waals surface area contributed by atoms with Crippen LogP contribution in [0, 0.1) is 0 Å². The van der Waals surface area contributed by atoms with Crippen LogP contribution >= 0.6 is 0 Å². The number of benzene rings is 1. The van der Waals surface area contributed by atoms with Gasteiger partial charge in [-0.05, 0) is 37.1 Å². The summed E-state index contributed by atoms with van der Waals surface area (Å²) in [6, 6.07) is 9.25. The summed E-state index contributed by atoms with van der Waals surface area (Å²) >= 11 is 0. The average molecular weight is 287 g/mol. The van der Waals surface area contributed by atoms with Crippen LogP contribution in [0.25, 0.3) is 0 Å². The van der Waals surface area contributed by atoms with Crippen LogP contribution in [0.1, 0.15) is 26.7 Å². The standard InChI is InChI=1S/C16H21N3O2/c1-3-10-17-16-18-11-9-15(19-16)21-14-7-5-13(6-8-14)20-12-4-2/h5-9,11H,3-4,10,12H2,1-2H3,(H,17,18,19). The number of aromatic nitrogens is 2. The van der Waals surface area contributed by atoms with E-state index >= 15 is 0 Å². The van der Waals surface area contributed by atoms with Crippen LogP contribution in [0.15, 0.2) is 36.5 Å². The van der Waals surface area contributed by atoms with Gasteiger partial charge in [-0.1, -0.05) is 13.8 Å². The van der Waals surface area contributed by atoms with Gasteiger partial charge in [0, 0.05) is 18.8 Å². The predicted octanol–water partition coefficient (Wildman–Crippen LogP) is 3.88. The summed E-state index contributed by atoms with van der Waals surface area (Å²) in [5.74, 6) is 2.67. The van der Waals surface area contributed by atoms with Gasteiger partial charge < -0.3 is 14.8 Å². The molecule has 0 aliphatic heterocycles. The van der Waals surface area contributed by atoms with Crippen molar-refractivity contribution in [1.29, 1.82) is 0 Å². The minimum Gasteiger partial charge on any atom is -0.494 e. The van der Waals surface area contributed by atoms with Gasteiger partial charge in [-0.3, -0.25) is 0 Å². The zero-order valence-electron chi connectivity index (χ0n) is 12.5. The Bertz CT molecular complexity index is 543. The van der Waals surface area contributed by atoms with Crippen LogP contribution in [0.2, 0.25) is 0 Å². The Balaban J connectivity index is 1.97. The van der Waals surface area contributed by atoms with Crippen molar-refractivity contribution in [1.82, 2.24) is 9.97 Å². The Labute approximate surface area is 125 Å². The number of anilines is 1. The van der Waals surface area contributed by atoms with Crippen LogP contribution in [-0.2, 0) is 0 Å². The van der Waals surface area contributed by atoms with Crippen LogP contribution in [-0.4, -0.2) is 23.1 Å². The van der Waals surface area contributed by atoms with Gasteiger partial charge in [0.15, 0.2) is 0 Å². The fraction of sp³-hybridized carbons (Fsp3) is 0.375. The van der Waals surface area contributed by atoms with Gasteiger partial charge >= 0.3 is 0 Å². The maximum absolute atomic E-state index is 5.71. The van der Waals surface area contributed by atoms with Gasteiger partial charge in [-0.2, -0.15) is 4.98 Å². The van der Waals surface area contributed by atoms with Gasteiger partial charge in [0.05, 0.1) is 6.61 Å². The lowest BCUT2D eigenvalue weighted by molar-refractivity contribution is 0.317. The van der Waals surface area contributed by atoms with E-state index in [0.717, 1.165) is 37.5 Å². The van der Waals surface area contributed by atoms with E-state index < -0.39 is 0 Å². The smallest absolute Gasteiger partial charge is 0.225 e. The average Bonchev–Trinajstić information content (AvgIpc) is 2.53. The minimum absolute atomic E-state index is 0.519. The first-order valence-corrected chi connectivity index (χ1v) is 7.29. The highest BCUT2D eigenvalue weighted by molar-refractivity contribution is 5.35. The van der Waals surface area contributed by atoms with Crippen molar-refractivity contribution in [3.63, 3.8) is 0 Å². The molecule has 2 aromatic rings. The first-order chi connectivity index (χ1) is 10.3. The van der Waals surface area contributed by atoms with Crippen molar-refractivity contribution in [2.75, 3.05) is 18.5 Å². The first-order valence-electron chi connectivity index (χ1n) is 7.29. The molecule has 2 rings (SSSR count). The molecule has 1 heterocycles. The molecule has 1 aromatic heterocycles. The molecule has 21 heavy (non-hydrogen) atoms. The second-order valence-electron chi connectivity index (χ2n) is 4.57. The van der Waals surface area contributed by atoms with Gasteiger partial charge in [0.1, 0.15) is 11.5 Å². The second-order valence-corrected chi connectivity index (χ2v) is 4.57. The third kappa shape index (κ3) is 4.95. The Morgan fingerprint density at radius 2 is 1.76 bits per heavy atom. The van der Waals surface area contributed by atoms with E-state index in [4.69, 9.17) is 9.47 Å². The lowest BCUT2D eigenvalue weighted by atomic mass is 10.3. The van der Waals surface area contributed by atoms with Crippen LogP contribution in [0.3, 0.4) is 0 Å². The minimum atomic E-state index is 0.519. The summed E-state index contributed by atoms with van der Waals surface area (Å²) in [5.41, 5.74) is 0. The highest BCUT2D eigenvalue weighted by atomic mass is 16.5. The van der Waals surface area contributed by atoms with E-state index in [1.165, 1.54) is 0 Å². The van der Waals surface area contributed by atoms with Crippen LogP contribution in [0.5, 0.6) is 17.4 Å². The molecule has 5 heteroatoms. The Morgan fingerprint density at radius 1 is 1.00 bits per heavy atom. The lowest BCUT2D eigenvalue weighted by Crippen LogP contribution is -2.04. The summed E-state index contributed by atoms with van der Waals surface area (Å²) in [6.07, 6.45) is 3.69. The maximum Gasteiger partial charge on any atom is 0.225 e. The van der Waals surface area contributed by atoms with Gasteiger partial charge in [0.2, 0.25) is 11.8 Å². The molecule has 0 spiro atoms. The van der Waals surface area contributed by atoms with E-state index in [9.17, 15) is 0 Å². The fourth-order valence-corrected chi connectivity index (χ4v) is 1.67. The molecule has 0 unspecified atom stereocenters. The molecule has 112 valence electrons. The molecule has 0 fully saturated rings. The van der Waals surface area contributed by atoms with Gasteiger partial charge in [-0.25, -0.2) is 4.98 Å². The highest BCUT2D eigenvalue weighted by Crippen LogP contribution is 2.22. The number of hydrogen-bond donors (Lipinski definition) is 1. The SMILES string of the molecule is CCCNc1nccc(Oc2ccc(OCCC)cc2)n1. The van der Waals surface area contributed by atoms with Crippen molar-refractivity contribution in [3.8, 4) is 17.4 Å². The zero-order chi connectivity index (χ0) is 14.9. The predicted molar refractivity (Wildman–Crippen MR) is 83.1 cm³/mol. The quantitative estimate of drug-likeness (QED) is 0.798. The van der Waals surface area contributed by atoms with E-state index in [-0.39, 0.29) is 0 Å². The van der Waals surface area contributed by atoms with E-state index in [0.29, 0.717) is 11.8 Å². The van der Waals surface area contributed by atoms with Gasteiger partial charge in [-0.15, -0.1) is 0 Å². The van der Waals surface area contributed by atoms with Gasteiger partial charge in [0.25, 0.3) is 0 Å². The molecule has 5 nitrogen and oxygen atoms in total. The third-order valence-corrected chi connectivity index (χ3v) is 2.68. The van der Waals surface area contributed by atoms with Crippen molar-refractivity contribution in [2.45, 2.75) is 26.7 Å². The molecule has 0 bridgehead atoms. The van der Waals surface area contributed by atoms with Crippen LogP contribution < -0.4 is 14.8 Å².